The van der Waals surface area contributed by atoms with E-state index in [2.05, 4.69) is 57.8 Å². The van der Waals surface area contributed by atoms with Gasteiger partial charge in [0.2, 0.25) is 0 Å². The van der Waals surface area contributed by atoms with Gasteiger partial charge in [0, 0.05) is 11.6 Å². The number of carbonyl (C=O) groups is 2. The second kappa shape index (κ2) is 11.7. The fourth-order valence-electron chi connectivity index (χ4n) is 4.38. The molecule has 1 aliphatic heterocycles. The van der Waals surface area contributed by atoms with Crippen LogP contribution in [0.5, 0.6) is 5.75 Å². The molecule has 0 bridgehead atoms. The Kier molecular flexibility index (Phi) is 8.95. The number of nitrogens with one attached hydrogen (secondary N) is 1. The van der Waals surface area contributed by atoms with Crippen molar-refractivity contribution in [3.8, 4) is 5.75 Å². The summed E-state index contributed by atoms with van der Waals surface area (Å²) in [6.45, 7) is 16.4. The Balaban J connectivity index is 1.68. The molecule has 0 saturated carbocycles. The number of hydrogen-bond donors (Lipinski definition) is 1. The Hall–Kier alpha value is -2.86. The molecule has 3 rings (SSSR count). The van der Waals surface area contributed by atoms with Crippen molar-refractivity contribution in [1.82, 2.24) is 10.2 Å². The van der Waals surface area contributed by atoms with E-state index >= 15 is 0 Å². The van der Waals surface area contributed by atoms with Gasteiger partial charge < -0.3 is 19.9 Å². The maximum atomic E-state index is 12.9. The van der Waals surface area contributed by atoms with E-state index in [-0.39, 0.29) is 29.9 Å². The van der Waals surface area contributed by atoms with Crippen LogP contribution in [0.1, 0.15) is 75.9 Å². The standard InChI is InChI=1S/C29H41N3O3/c1-7-31(8-2)16-10-11-21(3)30-28(34)23-13-9-12-22(17-23)19-32-25-18-24(29(4,5)6)14-15-26(25)35-20-27(32)33/h9,12-15,17-18,21H,7-8,10-11,16,19-20H2,1-6H3,(H,30,34). The van der Waals surface area contributed by atoms with E-state index in [9.17, 15) is 9.59 Å². The van der Waals surface area contributed by atoms with Crippen LogP contribution < -0.4 is 15.0 Å². The van der Waals surface area contributed by atoms with Crippen molar-refractivity contribution in [3.63, 3.8) is 0 Å². The molecule has 1 aliphatic rings. The van der Waals surface area contributed by atoms with E-state index < -0.39 is 0 Å². The molecule has 0 saturated heterocycles. The summed E-state index contributed by atoms with van der Waals surface area (Å²) in [7, 11) is 0. The number of nitrogens with zero attached hydrogens (tertiary/aromatic N) is 2. The molecule has 1 unspecified atom stereocenters. The number of fused-ring (bicyclic) bond motifs is 1. The van der Waals surface area contributed by atoms with Crippen molar-refractivity contribution < 1.29 is 14.3 Å². The Morgan fingerprint density at radius 2 is 1.89 bits per heavy atom. The first-order valence-corrected chi connectivity index (χ1v) is 12.8. The van der Waals surface area contributed by atoms with Gasteiger partial charge in [0.05, 0.1) is 12.2 Å². The van der Waals surface area contributed by atoms with E-state index in [4.69, 9.17) is 4.74 Å². The molecule has 0 fully saturated rings. The highest BCUT2D eigenvalue weighted by Gasteiger charge is 2.28. The first-order chi connectivity index (χ1) is 16.6. The molecule has 0 aromatic heterocycles. The van der Waals surface area contributed by atoms with E-state index in [0.29, 0.717) is 17.9 Å². The summed E-state index contributed by atoms with van der Waals surface area (Å²) < 4.78 is 5.68. The van der Waals surface area contributed by atoms with Crippen molar-refractivity contribution in [2.45, 2.75) is 72.4 Å². The zero-order valence-corrected chi connectivity index (χ0v) is 22.2. The second-order valence-electron chi connectivity index (χ2n) is 10.4. The van der Waals surface area contributed by atoms with Gasteiger partial charge in [-0.05, 0) is 80.2 Å². The van der Waals surface area contributed by atoms with Crippen LogP contribution in [0, 0.1) is 0 Å². The largest absolute Gasteiger partial charge is 0.482 e. The lowest BCUT2D eigenvalue weighted by molar-refractivity contribution is -0.121. The molecule has 6 nitrogen and oxygen atoms in total. The summed E-state index contributed by atoms with van der Waals surface area (Å²) in [6.07, 6.45) is 2.00. The minimum atomic E-state index is -0.0831. The van der Waals surface area contributed by atoms with Gasteiger partial charge >= 0.3 is 0 Å². The Bertz CT molecular complexity index is 1020. The van der Waals surface area contributed by atoms with Crippen molar-refractivity contribution in [2.75, 3.05) is 31.1 Å². The van der Waals surface area contributed by atoms with Crippen LogP contribution in [-0.4, -0.2) is 49.0 Å². The van der Waals surface area contributed by atoms with Gasteiger partial charge in [-0.25, -0.2) is 0 Å². The number of benzene rings is 2. The topological polar surface area (TPSA) is 61.9 Å². The van der Waals surface area contributed by atoms with Gasteiger partial charge in [0.1, 0.15) is 5.75 Å². The van der Waals surface area contributed by atoms with Gasteiger partial charge in [-0.15, -0.1) is 0 Å². The SMILES string of the molecule is CCN(CC)CCCC(C)NC(=O)c1cccc(CN2C(=O)COc3ccc(C(C)(C)C)cc32)c1. The normalized spacial score (nSPS) is 14.5. The van der Waals surface area contributed by atoms with Crippen LogP contribution in [-0.2, 0) is 16.8 Å². The second-order valence-corrected chi connectivity index (χ2v) is 10.4. The Morgan fingerprint density at radius 1 is 1.14 bits per heavy atom. The van der Waals surface area contributed by atoms with Crippen LogP contribution in [0.2, 0.25) is 0 Å². The first-order valence-electron chi connectivity index (χ1n) is 12.8. The molecule has 1 heterocycles. The van der Waals surface area contributed by atoms with Gasteiger partial charge in [-0.3, -0.25) is 9.59 Å². The molecule has 0 spiro atoms. The van der Waals surface area contributed by atoms with Crippen molar-refractivity contribution in [1.29, 1.82) is 0 Å². The minimum Gasteiger partial charge on any atom is -0.482 e. The average Bonchev–Trinajstić information content (AvgIpc) is 2.83. The first kappa shape index (κ1) is 26.7. The van der Waals surface area contributed by atoms with Gasteiger partial charge in [0.25, 0.3) is 11.8 Å². The van der Waals surface area contributed by atoms with Crippen molar-refractivity contribution in [3.05, 3.63) is 59.2 Å². The number of ether oxygens (including phenoxy) is 1. The molecular formula is C29H41N3O3. The zero-order chi connectivity index (χ0) is 25.6. The molecule has 1 N–H and O–H groups in total. The highest BCUT2D eigenvalue weighted by molar-refractivity contribution is 5.98. The third-order valence-corrected chi connectivity index (χ3v) is 6.68. The molecule has 35 heavy (non-hydrogen) atoms. The third kappa shape index (κ3) is 7.07. The van der Waals surface area contributed by atoms with Crippen LogP contribution in [0.4, 0.5) is 5.69 Å². The summed E-state index contributed by atoms with van der Waals surface area (Å²) in [5, 5.41) is 3.13. The maximum Gasteiger partial charge on any atom is 0.265 e. The molecule has 1 atom stereocenters. The van der Waals surface area contributed by atoms with E-state index in [1.165, 1.54) is 0 Å². The lowest BCUT2D eigenvalue weighted by Gasteiger charge is -2.31. The van der Waals surface area contributed by atoms with Crippen molar-refractivity contribution >= 4 is 17.5 Å². The van der Waals surface area contributed by atoms with E-state index in [1.54, 1.807) is 4.90 Å². The smallest absolute Gasteiger partial charge is 0.265 e. The summed E-state index contributed by atoms with van der Waals surface area (Å²) in [4.78, 5) is 29.9. The van der Waals surface area contributed by atoms with E-state index in [0.717, 1.165) is 49.3 Å². The number of amides is 2. The zero-order valence-electron chi connectivity index (χ0n) is 22.2. The monoisotopic (exact) mass is 479 g/mol. The van der Waals surface area contributed by atoms with Crippen LogP contribution >= 0.6 is 0 Å². The Labute approximate surface area is 210 Å². The molecule has 2 amide bonds. The quantitative estimate of drug-likeness (QED) is 0.512. The highest BCUT2D eigenvalue weighted by Crippen LogP contribution is 2.37. The molecule has 190 valence electrons. The third-order valence-electron chi connectivity index (χ3n) is 6.68. The summed E-state index contributed by atoms with van der Waals surface area (Å²) in [5.74, 6) is 0.552. The number of anilines is 1. The van der Waals surface area contributed by atoms with E-state index in [1.807, 2.05) is 36.4 Å². The fraction of sp³-hybridized carbons (Fsp3) is 0.517. The number of rotatable bonds is 10. The lowest BCUT2D eigenvalue weighted by atomic mass is 9.86. The average molecular weight is 480 g/mol. The fourth-order valence-corrected chi connectivity index (χ4v) is 4.38. The van der Waals surface area contributed by atoms with Gasteiger partial charge in [0.15, 0.2) is 6.61 Å². The number of hydrogen-bond acceptors (Lipinski definition) is 4. The van der Waals surface area contributed by atoms with Crippen LogP contribution in [0.15, 0.2) is 42.5 Å². The molecule has 0 radical (unpaired) electrons. The molecule has 6 heteroatoms. The lowest BCUT2D eigenvalue weighted by Crippen LogP contribution is -2.38. The maximum absolute atomic E-state index is 12.9. The number of carbonyl (C=O) groups excluding carboxylic acids is 2. The summed E-state index contributed by atoms with van der Waals surface area (Å²) in [5.41, 5.74) is 3.41. The summed E-state index contributed by atoms with van der Waals surface area (Å²) in [6, 6.07) is 13.7. The molecule has 2 aromatic carbocycles. The highest BCUT2D eigenvalue weighted by atomic mass is 16.5. The van der Waals surface area contributed by atoms with Crippen LogP contribution in [0.25, 0.3) is 0 Å². The minimum absolute atomic E-state index is 0.0209. The predicted molar refractivity (Wildman–Crippen MR) is 142 cm³/mol. The molecule has 2 aromatic rings. The molecule has 0 aliphatic carbocycles. The van der Waals surface area contributed by atoms with Crippen molar-refractivity contribution in [2.24, 2.45) is 0 Å². The van der Waals surface area contributed by atoms with Gasteiger partial charge in [-0.1, -0.05) is 52.8 Å². The molecular weight excluding hydrogens is 438 g/mol. The predicted octanol–water partition coefficient (Wildman–Crippen LogP) is 5.15. The Morgan fingerprint density at radius 3 is 2.57 bits per heavy atom. The van der Waals surface area contributed by atoms with Gasteiger partial charge in [-0.2, -0.15) is 0 Å². The summed E-state index contributed by atoms with van der Waals surface area (Å²) >= 11 is 0. The van der Waals surface area contributed by atoms with Crippen LogP contribution in [0.3, 0.4) is 0 Å².